The molecule has 122 valence electrons. The molecule has 1 aliphatic carbocycles. The molecular formula is C18H28N2O2. The number of carbonyl (C=O) groups is 1. The average Bonchev–Trinajstić information content (AvgIpc) is 2.59. The summed E-state index contributed by atoms with van der Waals surface area (Å²) in [5, 5.41) is 2.89. The van der Waals surface area contributed by atoms with Gasteiger partial charge in [0.05, 0.1) is 6.61 Å². The van der Waals surface area contributed by atoms with Crippen LogP contribution in [-0.4, -0.2) is 25.6 Å². The van der Waals surface area contributed by atoms with Crippen molar-refractivity contribution in [2.75, 3.05) is 19.7 Å². The number of hydrogen-bond acceptors (Lipinski definition) is 3. The van der Waals surface area contributed by atoms with E-state index in [1.165, 1.54) is 32.1 Å². The van der Waals surface area contributed by atoms with Gasteiger partial charge in [0.15, 0.2) is 0 Å². The molecule has 0 spiro atoms. The summed E-state index contributed by atoms with van der Waals surface area (Å²) < 4.78 is 5.85. The van der Waals surface area contributed by atoms with Crippen LogP contribution in [-0.2, 0) is 0 Å². The molecule has 22 heavy (non-hydrogen) atoms. The predicted octanol–water partition coefficient (Wildman–Crippen LogP) is 2.97. The van der Waals surface area contributed by atoms with Crippen molar-refractivity contribution >= 4 is 5.91 Å². The van der Waals surface area contributed by atoms with Crippen LogP contribution < -0.4 is 15.8 Å². The second-order valence-electron chi connectivity index (χ2n) is 6.39. The maximum atomic E-state index is 12.0. The number of ether oxygens (including phenoxy) is 1. The molecule has 3 N–H and O–H groups in total. The first kappa shape index (κ1) is 16.8. The Kier molecular flexibility index (Phi) is 6.72. The fourth-order valence-electron chi connectivity index (χ4n) is 2.72. The quantitative estimate of drug-likeness (QED) is 0.814. The van der Waals surface area contributed by atoms with Gasteiger partial charge in [-0.3, -0.25) is 4.79 Å². The van der Waals surface area contributed by atoms with Gasteiger partial charge in [-0.2, -0.15) is 0 Å². The van der Waals surface area contributed by atoms with Crippen molar-refractivity contribution in [1.82, 2.24) is 5.32 Å². The maximum absolute atomic E-state index is 12.0. The summed E-state index contributed by atoms with van der Waals surface area (Å²) in [6.45, 7) is 3.99. The van der Waals surface area contributed by atoms with Gasteiger partial charge in [0, 0.05) is 12.1 Å². The van der Waals surface area contributed by atoms with E-state index in [0.717, 1.165) is 12.4 Å². The van der Waals surface area contributed by atoms with E-state index in [2.05, 4.69) is 5.32 Å². The lowest BCUT2D eigenvalue weighted by atomic mass is 9.90. The fraction of sp³-hybridized carbons (Fsp3) is 0.611. The zero-order valence-electron chi connectivity index (χ0n) is 13.5. The van der Waals surface area contributed by atoms with E-state index >= 15 is 0 Å². The number of hydrogen-bond donors (Lipinski definition) is 2. The number of nitrogens with one attached hydrogen (secondary N) is 1. The van der Waals surface area contributed by atoms with Crippen LogP contribution in [0.2, 0.25) is 0 Å². The van der Waals surface area contributed by atoms with Gasteiger partial charge in [-0.15, -0.1) is 0 Å². The van der Waals surface area contributed by atoms with Crippen LogP contribution in [0.25, 0.3) is 0 Å². The Balaban J connectivity index is 1.77. The molecule has 0 aliphatic heterocycles. The maximum Gasteiger partial charge on any atom is 0.251 e. The van der Waals surface area contributed by atoms with Gasteiger partial charge in [-0.1, -0.05) is 26.2 Å². The van der Waals surface area contributed by atoms with Crippen LogP contribution in [0.1, 0.15) is 49.4 Å². The molecule has 1 saturated carbocycles. The van der Waals surface area contributed by atoms with Crippen LogP contribution in [0.4, 0.5) is 0 Å². The Morgan fingerprint density at radius 3 is 2.59 bits per heavy atom. The minimum Gasteiger partial charge on any atom is -0.493 e. The van der Waals surface area contributed by atoms with Crippen LogP contribution >= 0.6 is 0 Å². The van der Waals surface area contributed by atoms with E-state index < -0.39 is 0 Å². The number of amides is 1. The van der Waals surface area contributed by atoms with Crippen LogP contribution in [0.5, 0.6) is 5.75 Å². The highest BCUT2D eigenvalue weighted by Gasteiger charge is 2.14. The molecule has 2 rings (SSSR count). The normalized spacial score (nSPS) is 17.0. The predicted molar refractivity (Wildman–Crippen MR) is 89.1 cm³/mol. The molecule has 0 heterocycles. The van der Waals surface area contributed by atoms with Gasteiger partial charge in [0.1, 0.15) is 5.75 Å². The Morgan fingerprint density at radius 2 is 1.95 bits per heavy atom. The van der Waals surface area contributed by atoms with Gasteiger partial charge >= 0.3 is 0 Å². The van der Waals surface area contributed by atoms with Crippen molar-refractivity contribution < 1.29 is 9.53 Å². The lowest BCUT2D eigenvalue weighted by Crippen LogP contribution is -2.31. The third-order valence-corrected chi connectivity index (χ3v) is 4.34. The summed E-state index contributed by atoms with van der Waals surface area (Å²) in [5.74, 6) is 1.77. The Hall–Kier alpha value is -1.55. The summed E-state index contributed by atoms with van der Waals surface area (Å²) in [5.41, 5.74) is 6.21. The molecule has 0 bridgehead atoms. The Morgan fingerprint density at radius 1 is 1.27 bits per heavy atom. The molecule has 1 aliphatic rings. The topological polar surface area (TPSA) is 64.3 Å². The van der Waals surface area contributed by atoms with Crippen LogP contribution in [0, 0.1) is 11.8 Å². The first-order valence-electron chi connectivity index (χ1n) is 8.40. The second kappa shape index (κ2) is 8.79. The van der Waals surface area contributed by atoms with E-state index in [-0.39, 0.29) is 5.91 Å². The van der Waals surface area contributed by atoms with Crippen LogP contribution in [0.3, 0.4) is 0 Å². The van der Waals surface area contributed by atoms with E-state index in [1.54, 1.807) is 0 Å². The van der Waals surface area contributed by atoms with Gasteiger partial charge in [-0.05, 0) is 55.5 Å². The number of rotatable bonds is 7. The molecule has 0 radical (unpaired) electrons. The van der Waals surface area contributed by atoms with Crippen molar-refractivity contribution in [3.63, 3.8) is 0 Å². The molecule has 4 heteroatoms. The second-order valence-corrected chi connectivity index (χ2v) is 6.39. The van der Waals surface area contributed by atoms with Crippen LogP contribution in [0.15, 0.2) is 24.3 Å². The summed E-state index contributed by atoms with van der Waals surface area (Å²) in [4.78, 5) is 12.0. The summed E-state index contributed by atoms with van der Waals surface area (Å²) in [6, 6.07) is 7.39. The third kappa shape index (κ3) is 5.34. The van der Waals surface area contributed by atoms with Gasteiger partial charge in [0.2, 0.25) is 0 Å². The van der Waals surface area contributed by atoms with E-state index in [0.29, 0.717) is 30.5 Å². The summed E-state index contributed by atoms with van der Waals surface area (Å²) >= 11 is 0. The van der Waals surface area contributed by atoms with E-state index in [1.807, 2.05) is 31.2 Å². The lowest BCUT2D eigenvalue weighted by molar-refractivity contribution is 0.0948. The van der Waals surface area contributed by atoms with E-state index in [9.17, 15) is 4.79 Å². The minimum atomic E-state index is -0.0564. The molecule has 1 aromatic rings. The number of nitrogens with two attached hydrogens (primary N) is 1. The molecule has 1 unspecified atom stereocenters. The van der Waals surface area contributed by atoms with Crippen molar-refractivity contribution in [1.29, 1.82) is 0 Å². The number of benzene rings is 1. The lowest BCUT2D eigenvalue weighted by Gasteiger charge is -2.21. The highest BCUT2D eigenvalue weighted by Crippen LogP contribution is 2.24. The highest BCUT2D eigenvalue weighted by molar-refractivity contribution is 5.94. The van der Waals surface area contributed by atoms with Gasteiger partial charge in [0.25, 0.3) is 5.91 Å². The molecule has 4 nitrogen and oxygen atoms in total. The fourth-order valence-corrected chi connectivity index (χ4v) is 2.72. The van der Waals surface area contributed by atoms with Crippen molar-refractivity contribution in [2.24, 2.45) is 17.6 Å². The first-order chi connectivity index (χ1) is 10.7. The Labute approximate surface area is 133 Å². The first-order valence-corrected chi connectivity index (χ1v) is 8.40. The van der Waals surface area contributed by atoms with E-state index in [4.69, 9.17) is 10.5 Å². The largest absolute Gasteiger partial charge is 0.493 e. The zero-order chi connectivity index (χ0) is 15.8. The Bertz CT molecular complexity index is 453. The van der Waals surface area contributed by atoms with Gasteiger partial charge < -0.3 is 15.8 Å². The molecule has 0 saturated heterocycles. The number of carbonyl (C=O) groups excluding carboxylic acids is 1. The van der Waals surface area contributed by atoms with Crippen molar-refractivity contribution in [2.45, 2.75) is 39.0 Å². The molecule has 1 atom stereocenters. The molecule has 1 aromatic carbocycles. The summed E-state index contributed by atoms with van der Waals surface area (Å²) in [6.07, 6.45) is 6.57. The molecule has 0 aromatic heterocycles. The van der Waals surface area contributed by atoms with Crippen molar-refractivity contribution in [3.05, 3.63) is 29.8 Å². The molecule has 1 amide bonds. The smallest absolute Gasteiger partial charge is 0.251 e. The third-order valence-electron chi connectivity index (χ3n) is 4.34. The zero-order valence-corrected chi connectivity index (χ0v) is 13.5. The average molecular weight is 304 g/mol. The molecule has 1 fully saturated rings. The van der Waals surface area contributed by atoms with Gasteiger partial charge in [-0.25, -0.2) is 0 Å². The van der Waals surface area contributed by atoms with Crippen molar-refractivity contribution in [3.8, 4) is 5.75 Å². The molecular weight excluding hydrogens is 276 g/mol. The minimum absolute atomic E-state index is 0.0564. The SMILES string of the molecule is CC(CN)CNC(=O)c1ccc(OCC2CCCCC2)cc1. The monoisotopic (exact) mass is 304 g/mol. The standard InChI is InChI=1S/C18H28N2O2/c1-14(11-19)12-20-18(21)16-7-9-17(10-8-16)22-13-15-5-3-2-4-6-15/h7-10,14-15H,2-6,11-13,19H2,1H3,(H,20,21). The summed E-state index contributed by atoms with van der Waals surface area (Å²) in [7, 11) is 0. The highest BCUT2D eigenvalue weighted by atomic mass is 16.5.